The molecule has 4 heteroatoms. The fourth-order valence-electron chi connectivity index (χ4n) is 2.40. The van der Waals surface area contributed by atoms with Crippen LogP contribution in [0.4, 0.5) is 0 Å². The molecule has 0 saturated heterocycles. The van der Waals surface area contributed by atoms with Crippen LogP contribution in [0.15, 0.2) is 0 Å². The summed E-state index contributed by atoms with van der Waals surface area (Å²) in [4.78, 5) is 13.0. The number of likely N-dealkylation sites (N-methyl/N-ethyl adjacent to an activating group) is 1. The standard InChI is InChI=1S/C12H23NO3/c1-4-13(9(2)7-12(14)15)11(8-16-3)10-5-6-10/h9-11H,4-8H2,1-3H3,(H,14,15). The summed E-state index contributed by atoms with van der Waals surface area (Å²) in [5, 5.41) is 8.84. The summed E-state index contributed by atoms with van der Waals surface area (Å²) in [5.74, 6) is -0.0194. The number of hydrogen-bond donors (Lipinski definition) is 1. The summed E-state index contributed by atoms with van der Waals surface area (Å²) in [6, 6.07) is 0.479. The molecule has 2 unspecified atom stereocenters. The van der Waals surface area contributed by atoms with E-state index in [1.807, 2.05) is 6.92 Å². The molecule has 0 aromatic heterocycles. The number of carbonyl (C=O) groups is 1. The van der Waals surface area contributed by atoms with Crippen LogP contribution in [0.1, 0.15) is 33.1 Å². The third-order valence-corrected chi connectivity index (χ3v) is 3.33. The predicted molar refractivity (Wildman–Crippen MR) is 62.5 cm³/mol. The molecule has 1 N–H and O–H groups in total. The fourth-order valence-corrected chi connectivity index (χ4v) is 2.40. The van der Waals surface area contributed by atoms with Crippen molar-refractivity contribution in [3.63, 3.8) is 0 Å². The largest absolute Gasteiger partial charge is 0.481 e. The number of nitrogens with zero attached hydrogens (tertiary/aromatic N) is 1. The quantitative estimate of drug-likeness (QED) is 0.687. The topological polar surface area (TPSA) is 49.8 Å². The summed E-state index contributed by atoms with van der Waals surface area (Å²) in [5.41, 5.74) is 0. The minimum atomic E-state index is -0.724. The molecule has 0 bridgehead atoms. The highest BCUT2D eigenvalue weighted by Crippen LogP contribution is 2.36. The van der Waals surface area contributed by atoms with E-state index in [2.05, 4.69) is 11.8 Å². The van der Waals surface area contributed by atoms with Gasteiger partial charge in [0.05, 0.1) is 13.0 Å². The normalized spacial score (nSPS) is 19.8. The third-order valence-electron chi connectivity index (χ3n) is 3.33. The first-order valence-electron chi connectivity index (χ1n) is 6.06. The molecule has 1 aliphatic rings. The molecule has 0 amide bonds. The number of carboxylic acid groups (broad SMARTS) is 1. The second-order valence-electron chi connectivity index (χ2n) is 4.64. The van der Waals surface area contributed by atoms with Crippen molar-refractivity contribution < 1.29 is 14.6 Å². The number of aliphatic carboxylic acids is 1. The highest BCUT2D eigenvalue weighted by molar-refractivity contribution is 5.67. The second-order valence-corrected chi connectivity index (χ2v) is 4.64. The van der Waals surface area contributed by atoms with Crippen LogP contribution in [0, 0.1) is 5.92 Å². The van der Waals surface area contributed by atoms with Crippen molar-refractivity contribution in [2.75, 3.05) is 20.3 Å². The molecular formula is C12H23NO3. The fraction of sp³-hybridized carbons (Fsp3) is 0.917. The van der Waals surface area contributed by atoms with Crippen molar-refractivity contribution in [3.05, 3.63) is 0 Å². The molecule has 0 aromatic rings. The highest BCUT2D eigenvalue weighted by Gasteiger charge is 2.36. The average Bonchev–Trinajstić information content (AvgIpc) is 2.99. The number of hydrogen-bond acceptors (Lipinski definition) is 3. The maximum Gasteiger partial charge on any atom is 0.304 e. The number of rotatable bonds is 8. The monoisotopic (exact) mass is 229 g/mol. The van der Waals surface area contributed by atoms with Crippen molar-refractivity contribution in [1.82, 2.24) is 4.90 Å². The van der Waals surface area contributed by atoms with Gasteiger partial charge >= 0.3 is 5.97 Å². The van der Waals surface area contributed by atoms with E-state index >= 15 is 0 Å². The maximum absolute atomic E-state index is 10.7. The van der Waals surface area contributed by atoms with Crippen LogP contribution < -0.4 is 0 Å². The molecular weight excluding hydrogens is 206 g/mol. The van der Waals surface area contributed by atoms with Gasteiger partial charge in [-0.3, -0.25) is 9.69 Å². The van der Waals surface area contributed by atoms with Gasteiger partial charge in [0, 0.05) is 19.2 Å². The van der Waals surface area contributed by atoms with Gasteiger partial charge < -0.3 is 9.84 Å². The Bertz CT molecular complexity index is 228. The Morgan fingerprint density at radius 2 is 2.19 bits per heavy atom. The zero-order chi connectivity index (χ0) is 12.1. The van der Waals surface area contributed by atoms with Crippen molar-refractivity contribution in [2.45, 2.75) is 45.2 Å². The Kier molecular flexibility index (Phi) is 5.22. The molecule has 0 spiro atoms. The van der Waals surface area contributed by atoms with E-state index in [1.165, 1.54) is 12.8 Å². The van der Waals surface area contributed by atoms with Gasteiger partial charge in [0.2, 0.25) is 0 Å². The van der Waals surface area contributed by atoms with Crippen LogP contribution in [-0.4, -0.2) is 48.3 Å². The minimum absolute atomic E-state index is 0.0863. The predicted octanol–water partition coefficient (Wildman–Crippen LogP) is 1.60. The molecule has 94 valence electrons. The summed E-state index contributed by atoms with van der Waals surface area (Å²) in [6.07, 6.45) is 2.72. The molecule has 16 heavy (non-hydrogen) atoms. The van der Waals surface area contributed by atoms with Crippen LogP contribution >= 0.6 is 0 Å². The Morgan fingerprint density at radius 3 is 2.56 bits per heavy atom. The molecule has 0 aromatic carbocycles. The lowest BCUT2D eigenvalue weighted by Gasteiger charge is -2.35. The summed E-state index contributed by atoms with van der Waals surface area (Å²) < 4.78 is 5.25. The van der Waals surface area contributed by atoms with Gasteiger partial charge in [0.25, 0.3) is 0 Å². The molecule has 1 saturated carbocycles. The average molecular weight is 229 g/mol. The van der Waals surface area contributed by atoms with Crippen molar-refractivity contribution in [1.29, 1.82) is 0 Å². The van der Waals surface area contributed by atoms with E-state index < -0.39 is 5.97 Å². The van der Waals surface area contributed by atoms with Crippen LogP contribution in [0.2, 0.25) is 0 Å². The smallest absolute Gasteiger partial charge is 0.304 e. The van der Waals surface area contributed by atoms with E-state index in [9.17, 15) is 4.79 Å². The maximum atomic E-state index is 10.7. The molecule has 1 aliphatic carbocycles. The van der Waals surface area contributed by atoms with Crippen LogP contribution in [-0.2, 0) is 9.53 Å². The lowest BCUT2D eigenvalue weighted by atomic mass is 10.1. The second kappa shape index (κ2) is 6.21. The third kappa shape index (κ3) is 3.76. The van der Waals surface area contributed by atoms with Crippen molar-refractivity contribution >= 4 is 5.97 Å². The van der Waals surface area contributed by atoms with Crippen molar-refractivity contribution in [3.8, 4) is 0 Å². The molecule has 2 atom stereocenters. The number of carboxylic acids is 1. The van der Waals surface area contributed by atoms with Gasteiger partial charge in [-0.05, 0) is 32.2 Å². The van der Waals surface area contributed by atoms with Crippen molar-refractivity contribution in [2.24, 2.45) is 5.92 Å². The van der Waals surface area contributed by atoms with Gasteiger partial charge in [-0.15, -0.1) is 0 Å². The summed E-state index contributed by atoms with van der Waals surface area (Å²) >= 11 is 0. The Labute approximate surface area is 97.6 Å². The van der Waals surface area contributed by atoms with E-state index in [-0.39, 0.29) is 12.5 Å². The first kappa shape index (κ1) is 13.5. The van der Waals surface area contributed by atoms with E-state index in [4.69, 9.17) is 9.84 Å². The molecule has 0 heterocycles. The van der Waals surface area contributed by atoms with Gasteiger partial charge in [0.1, 0.15) is 0 Å². The van der Waals surface area contributed by atoms with Crippen LogP contribution in [0.5, 0.6) is 0 Å². The van der Waals surface area contributed by atoms with Gasteiger partial charge in [-0.2, -0.15) is 0 Å². The SMILES string of the molecule is CCN(C(C)CC(=O)O)C(COC)C1CC1. The highest BCUT2D eigenvalue weighted by atomic mass is 16.5. The summed E-state index contributed by atoms with van der Waals surface area (Å²) in [6.45, 7) is 5.67. The lowest BCUT2D eigenvalue weighted by Crippen LogP contribution is -2.46. The van der Waals surface area contributed by atoms with E-state index in [1.54, 1.807) is 7.11 Å². The molecule has 0 aliphatic heterocycles. The van der Waals surface area contributed by atoms with Gasteiger partial charge in [-0.25, -0.2) is 0 Å². The van der Waals surface area contributed by atoms with Gasteiger partial charge in [-0.1, -0.05) is 6.92 Å². The Hall–Kier alpha value is -0.610. The van der Waals surface area contributed by atoms with Gasteiger partial charge in [0.15, 0.2) is 0 Å². The molecule has 1 fully saturated rings. The Morgan fingerprint density at radius 1 is 1.56 bits per heavy atom. The first-order chi connectivity index (χ1) is 7.60. The lowest BCUT2D eigenvalue weighted by molar-refractivity contribution is -0.138. The minimum Gasteiger partial charge on any atom is -0.481 e. The Balaban J connectivity index is 2.57. The number of ether oxygens (including phenoxy) is 1. The first-order valence-corrected chi connectivity index (χ1v) is 6.06. The zero-order valence-corrected chi connectivity index (χ0v) is 10.5. The zero-order valence-electron chi connectivity index (χ0n) is 10.5. The number of methoxy groups -OCH3 is 1. The van der Waals surface area contributed by atoms with E-state index in [0.717, 1.165) is 6.54 Å². The summed E-state index contributed by atoms with van der Waals surface area (Å²) in [7, 11) is 1.71. The van der Waals surface area contributed by atoms with Crippen LogP contribution in [0.25, 0.3) is 0 Å². The van der Waals surface area contributed by atoms with Crippen LogP contribution in [0.3, 0.4) is 0 Å². The molecule has 4 nitrogen and oxygen atoms in total. The van der Waals surface area contributed by atoms with E-state index in [0.29, 0.717) is 18.6 Å². The molecule has 0 radical (unpaired) electrons. The molecule has 1 rings (SSSR count).